The van der Waals surface area contributed by atoms with Crippen molar-refractivity contribution in [1.29, 1.82) is 0 Å². The lowest BCUT2D eigenvalue weighted by atomic mass is 10.2. The second kappa shape index (κ2) is 3.50. The Balaban J connectivity index is 1.98. The van der Waals surface area contributed by atoms with E-state index < -0.39 is 0 Å². The Kier molecular flexibility index (Phi) is 2.51. The number of rotatable bonds is 1. The molecule has 2 bridgehead atoms. The standard InChI is InChI=1S/C9H15NO2S/c1-6(13)9(11)10-4-7-2-3-8(5-10)12-7/h6-8,13H,2-5H2,1H3. The molecule has 3 unspecified atom stereocenters. The van der Waals surface area contributed by atoms with Gasteiger partial charge >= 0.3 is 0 Å². The lowest BCUT2D eigenvalue weighted by molar-refractivity contribution is -0.138. The van der Waals surface area contributed by atoms with Crippen molar-refractivity contribution in [2.75, 3.05) is 13.1 Å². The van der Waals surface area contributed by atoms with Crippen molar-refractivity contribution in [2.24, 2.45) is 0 Å². The molecule has 0 aromatic carbocycles. The van der Waals surface area contributed by atoms with Gasteiger partial charge < -0.3 is 9.64 Å². The van der Waals surface area contributed by atoms with Gasteiger partial charge in [-0.1, -0.05) is 0 Å². The lowest BCUT2D eigenvalue weighted by Crippen LogP contribution is -2.47. The molecule has 1 amide bonds. The predicted molar refractivity (Wildman–Crippen MR) is 52.9 cm³/mol. The maximum absolute atomic E-state index is 11.6. The molecule has 2 rings (SSSR count). The van der Waals surface area contributed by atoms with Gasteiger partial charge in [0.1, 0.15) is 0 Å². The largest absolute Gasteiger partial charge is 0.371 e. The van der Waals surface area contributed by atoms with E-state index in [1.165, 1.54) is 0 Å². The van der Waals surface area contributed by atoms with Gasteiger partial charge in [0, 0.05) is 13.1 Å². The number of thiol groups is 1. The lowest BCUT2D eigenvalue weighted by Gasteiger charge is -2.33. The SMILES string of the molecule is CC(S)C(=O)N1CC2CCC(C1)O2. The van der Waals surface area contributed by atoms with Crippen LogP contribution in [0.4, 0.5) is 0 Å². The zero-order valence-corrected chi connectivity index (χ0v) is 8.67. The minimum absolute atomic E-state index is 0.142. The molecule has 0 aliphatic carbocycles. The molecule has 4 heteroatoms. The number of hydrogen-bond donors (Lipinski definition) is 1. The Morgan fingerprint density at radius 1 is 1.46 bits per heavy atom. The van der Waals surface area contributed by atoms with Gasteiger partial charge in [0.25, 0.3) is 0 Å². The van der Waals surface area contributed by atoms with E-state index in [4.69, 9.17) is 4.74 Å². The number of carbonyl (C=O) groups excluding carboxylic acids is 1. The predicted octanol–water partition coefficient (Wildman–Crippen LogP) is 0.695. The number of hydrogen-bond acceptors (Lipinski definition) is 3. The van der Waals surface area contributed by atoms with E-state index in [2.05, 4.69) is 12.6 Å². The summed E-state index contributed by atoms with van der Waals surface area (Å²) in [4.78, 5) is 13.5. The molecule has 2 aliphatic rings. The van der Waals surface area contributed by atoms with Gasteiger partial charge in [-0.25, -0.2) is 0 Å². The van der Waals surface area contributed by atoms with Crippen molar-refractivity contribution in [2.45, 2.75) is 37.2 Å². The Labute approximate surface area is 83.8 Å². The second-order valence-electron chi connectivity index (χ2n) is 3.88. The Morgan fingerprint density at radius 3 is 2.46 bits per heavy atom. The first-order valence-corrected chi connectivity index (χ1v) is 5.31. The number of nitrogens with zero attached hydrogens (tertiary/aromatic N) is 1. The Hall–Kier alpha value is -0.220. The van der Waals surface area contributed by atoms with Crippen LogP contribution >= 0.6 is 12.6 Å². The molecule has 3 atom stereocenters. The van der Waals surface area contributed by atoms with Gasteiger partial charge in [-0.05, 0) is 19.8 Å². The van der Waals surface area contributed by atoms with Crippen LogP contribution in [0, 0.1) is 0 Å². The van der Waals surface area contributed by atoms with Crippen molar-refractivity contribution < 1.29 is 9.53 Å². The van der Waals surface area contributed by atoms with Gasteiger partial charge in [0.15, 0.2) is 0 Å². The first-order chi connectivity index (χ1) is 6.16. The zero-order valence-electron chi connectivity index (χ0n) is 7.77. The maximum Gasteiger partial charge on any atom is 0.235 e. The smallest absolute Gasteiger partial charge is 0.235 e. The Morgan fingerprint density at radius 2 is 2.00 bits per heavy atom. The van der Waals surface area contributed by atoms with E-state index in [0.29, 0.717) is 0 Å². The van der Waals surface area contributed by atoms with Crippen LogP contribution in [0.5, 0.6) is 0 Å². The first-order valence-electron chi connectivity index (χ1n) is 4.79. The molecule has 0 radical (unpaired) electrons. The van der Waals surface area contributed by atoms with Crippen LogP contribution in [0.1, 0.15) is 19.8 Å². The normalized spacial score (nSPS) is 34.8. The molecular formula is C9H15NO2S. The molecule has 0 aromatic heterocycles. The summed E-state index contributed by atoms with van der Waals surface area (Å²) < 4.78 is 5.64. The highest BCUT2D eigenvalue weighted by Gasteiger charge is 2.36. The van der Waals surface area contributed by atoms with Crippen LogP contribution in [-0.2, 0) is 9.53 Å². The molecule has 3 nitrogen and oxygen atoms in total. The monoisotopic (exact) mass is 201 g/mol. The van der Waals surface area contributed by atoms with Gasteiger partial charge in [0.05, 0.1) is 17.5 Å². The Bertz CT molecular complexity index is 208. The van der Waals surface area contributed by atoms with Crippen molar-refractivity contribution in [1.82, 2.24) is 4.90 Å². The first kappa shape index (κ1) is 9.34. The number of morpholine rings is 1. The van der Waals surface area contributed by atoms with Crippen LogP contribution in [0.3, 0.4) is 0 Å². The summed E-state index contributed by atoms with van der Waals surface area (Å²) in [7, 11) is 0. The summed E-state index contributed by atoms with van der Waals surface area (Å²) in [5.41, 5.74) is 0. The molecule has 2 fully saturated rings. The molecule has 0 aromatic rings. The van der Waals surface area contributed by atoms with E-state index in [0.717, 1.165) is 25.9 Å². The van der Waals surface area contributed by atoms with Gasteiger partial charge in [-0.2, -0.15) is 12.6 Å². The summed E-state index contributed by atoms with van der Waals surface area (Å²) >= 11 is 4.15. The molecule has 0 saturated carbocycles. The van der Waals surface area contributed by atoms with Crippen LogP contribution in [0.25, 0.3) is 0 Å². The average Bonchev–Trinajstić information content (AvgIpc) is 2.44. The fourth-order valence-electron chi connectivity index (χ4n) is 2.06. The topological polar surface area (TPSA) is 29.5 Å². The van der Waals surface area contributed by atoms with E-state index >= 15 is 0 Å². The van der Waals surface area contributed by atoms with E-state index in [1.54, 1.807) is 0 Å². The van der Waals surface area contributed by atoms with Crippen molar-refractivity contribution >= 4 is 18.5 Å². The fraction of sp³-hybridized carbons (Fsp3) is 0.889. The minimum atomic E-state index is -0.183. The minimum Gasteiger partial charge on any atom is -0.371 e. The number of carbonyl (C=O) groups is 1. The summed E-state index contributed by atoms with van der Waals surface area (Å²) in [6.07, 6.45) is 2.79. The molecule has 2 saturated heterocycles. The fourth-order valence-corrected chi connectivity index (χ4v) is 2.22. The van der Waals surface area contributed by atoms with Gasteiger partial charge in [-0.15, -0.1) is 0 Å². The third kappa shape index (κ3) is 1.83. The molecule has 0 spiro atoms. The number of likely N-dealkylation sites (tertiary alicyclic amines) is 1. The quantitative estimate of drug-likeness (QED) is 0.633. The summed E-state index contributed by atoms with van der Waals surface area (Å²) in [6.45, 7) is 3.35. The highest BCUT2D eigenvalue weighted by molar-refractivity contribution is 7.81. The molecule has 2 aliphatic heterocycles. The van der Waals surface area contributed by atoms with E-state index in [-0.39, 0.29) is 23.4 Å². The van der Waals surface area contributed by atoms with E-state index in [1.807, 2.05) is 11.8 Å². The van der Waals surface area contributed by atoms with Crippen molar-refractivity contribution in [3.63, 3.8) is 0 Å². The second-order valence-corrected chi connectivity index (χ2v) is 4.65. The number of fused-ring (bicyclic) bond motifs is 2. The van der Waals surface area contributed by atoms with Crippen LogP contribution in [0.15, 0.2) is 0 Å². The molecule has 13 heavy (non-hydrogen) atoms. The van der Waals surface area contributed by atoms with Crippen LogP contribution in [0.2, 0.25) is 0 Å². The van der Waals surface area contributed by atoms with Gasteiger partial charge in [0.2, 0.25) is 5.91 Å². The van der Waals surface area contributed by atoms with Crippen LogP contribution in [-0.4, -0.2) is 41.4 Å². The molecule has 0 N–H and O–H groups in total. The summed E-state index contributed by atoms with van der Waals surface area (Å²) in [5.74, 6) is 0.142. The summed E-state index contributed by atoms with van der Waals surface area (Å²) in [5, 5.41) is -0.183. The maximum atomic E-state index is 11.6. The number of amides is 1. The molecule has 74 valence electrons. The molecular weight excluding hydrogens is 186 g/mol. The highest BCUT2D eigenvalue weighted by Crippen LogP contribution is 2.26. The summed E-state index contributed by atoms with van der Waals surface area (Å²) in [6, 6.07) is 0. The average molecular weight is 201 g/mol. The van der Waals surface area contributed by atoms with E-state index in [9.17, 15) is 4.79 Å². The van der Waals surface area contributed by atoms with Gasteiger partial charge in [-0.3, -0.25) is 4.79 Å². The number of ether oxygens (including phenoxy) is 1. The third-order valence-corrected chi connectivity index (χ3v) is 2.93. The molecule has 2 heterocycles. The third-order valence-electron chi connectivity index (χ3n) is 2.71. The van der Waals surface area contributed by atoms with Crippen molar-refractivity contribution in [3.8, 4) is 0 Å². The van der Waals surface area contributed by atoms with Crippen LogP contribution < -0.4 is 0 Å². The zero-order chi connectivity index (χ0) is 9.42. The highest BCUT2D eigenvalue weighted by atomic mass is 32.1. The van der Waals surface area contributed by atoms with Crippen molar-refractivity contribution in [3.05, 3.63) is 0 Å².